The van der Waals surface area contributed by atoms with Crippen LogP contribution in [0.1, 0.15) is 20.3 Å². The number of nitrogens with one attached hydrogen (secondary N) is 1. The predicted octanol–water partition coefficient (Wildman–Crippen LogP) is 2.15. The molecule has 0 fully saturated rings. The van der Waals surface area contributed by atoms with Crippen LogP contribution in [0.2, 0.25) is 0 Å². The molecule has 1 rings (SSSR count). The van der Waals surface area contributed by atoms with Crippen molar-refractivity contribution in [3.05, 3.63) is 24.2 Å². The van der Waals surface area contributed by atoms with E-state index in [1.807, 2.05) is 19.4 Å². The van der Waals surface area contributed by atoms with Crippen LogP contribution >= 0.6 is 0 Å². The van der Waals surface area contributed by atoms with Gasteiger partial charge < -0.3 is 5.32 Å². The monoisotopic (exact) mass is 165 g/mol. The Morgan fingerprint density at radius 3 is 3.00 bits per heavy atom. The summed E-state index contributed by atoms with van der Waals surface area (Å²) in [5.41, 5.74) is 2.21. The SMILES string of the molecule is CC/C=C(\C)Nc1cnn(C)c1. The number of aryl methyl sites for hydroxylation is 1. The van der Waals surface area contributed by atoms with Gasteiger partial charge >= 0.3 is 0 Å². The average Bonchev–Trinajstić information content (AvgIpc) is 2.36. The van der Waals surface area contributed by atoms with Crippen LogP contribution in [0.5, 0.6) is 0 Å². The van der Waals surface area contributed by atoms with Crippen molar-refractivity contribution < 1.29 is 0 Å². The first-order valence-electron chi connectivity index (χ1n) is 4.14. The van der Waals surface area contributed by atoms with Gasteiger partial charge in [0.15, 0.2) is 0 Å². The molecule has 0 unspecified atom stereocenters. The van der Waals surface area contributed by atoms with E-state index in [0.717, 1.165) is 12.1 Å². The summed E-state index contributed by atoms with van der Waals surface area (Å²) >= 11 is 0. The van der Waals surface area contributed by atoms with E-state index in [0.29, 0.717) is 0 Å². The smallest absolute Gasteiger partial charge is 0.0767 e. The van der Waals surface area contributed by atoms with Crippen LogP contribution in [0.15, 0.2) is 24.2 Å². The lowest BCUT2D eigenvalue weighted by molar-refractivity contribution is 0.768. The quantitative estimate of drug-likeness (QED) is 0.743. The van der Waals surface area contributed by atoms with Crippen LogP contribution in [-0.2, 0) is 7.05 Å². The first-order valence-corrected chi connectivity index (χ1v) is 4.14. The van der Waals surface area contributed by atoms with Gasteiger partial charge in [0.2, 0.25) is 0 Å². The molecule has 0 aromatic carbocycles. The Hall–Kier alpha value is -1.25. The number of nitrogens with zero attached hydrogens (tertiary/aromatic N) is 2. The lowest BCUT2D eigenvalue weighted by Gasteiger charge is -2.01. The van der Waals surface area contributed by atoms with Crippen molar-refractivity contribution in [2.24, 2.45) is 7.05 Å². The molecule has 66 valence electrons. The highest BCUT2D eigenvalue weighted by Gasteiger charge is 1.93. The largest absolute Gasteiger partial charge is 0.357 e. The molecule has 3 nitrogen and oxygen atoms in total. The maximum absolute atomic E-state index is 4.06. The van der Waals surface area contributed by atoms with Crippen LogP contribution < -0.4 is 5.32 Å². The minimum absolute atomic E-state index is 1.04. The topological polar surface area (TPSA) is 29.9 Å². The molecule has 0 bridgehead atoms. The van der Waals surface area contributed by atoms with Crippen molar-refractivity contribution >= 4 is 5.69 Å². The fourth-order valence-corrected chi connectivity index (χ4v) is 1.07. The minimum Gasteiger partial charge on any atom is -0.357 e. The number of anilines is 1. The molecule has 0 aliphatic rings. The van der Waals surface area contributed by atoms with E-state index in [1.54, 1.807) is 4.68 Å². The summed E-state index contributed by atoms with van der Waals surface area (Å²) in [5, 5.41) is 7.30. The number of hydrogen-bond donors (Lipinski definition) is 1. The number of rotatable bonds is 3. The van der Waals surface area contributed by atoms with E-state index < -0.39 is 0 Å². The standard InChI is InChI=1S/C9H15N3/c1-4-5-8(2)11-9-6-10-12(3)7-9/h5-7,11H,4H2,1-3H3/b8-5+. The summed E-state index contributed by atoms with van der Waals surface area (Å²) in [6.07, 6.45) is 6.96. The van der Waals surface area contributed by atoms with Crippen molar-refractivity contribution in [1.29, 1.82) is 0 Å². The van der Waals surface area contributed by atoms with Gasteiger partial charge in [-0.1, -0.05) is 13.0 Å². The van der Waals surface area contributed by atoms with E-state index >= 15 is 0 Å². The molecule has 0 aliphatic heterocycles. The molecule has 0 amide bonds. The molecule has 0 spiro atoms. The number of aromatic nitrogens is 2. The molecule has 0 aliphatic carbocycles. The van der Waals surface area contributed by atoms with Gasteiger partial charge in [0, 0.05) is 18.9 Å². The normalized spacial score (nSPS) is 11.8. The Balaban J connectivity index is 2.58. The Bertz CT molecular complexity index is 273. The second-order valence-corrected chi connectivity index (χ2v) is 2.82. The second-order valence-electron chi connectivity index (χ2n) is 2.82. The van der Waals surface area contributed by atoms with Crippen molar-refractivity contribution in [3.63, 3.8) is 0 Å². The third-order valence-electron chi connectivity index (χ3n) is 1.56. The maximum atomic E-state index is 4.06. The zero-order valence-electron chi connectivity index (χ0n) is 7.83. The first-order chi connectivity index (χ1) is 5.72. The molecule has 3 heteroatoms. The number of allylic oxidation sites excluding steroid dienone is 2. The maximum Gasteiger partial charge on any atom is 0.0767 e. The van der Waals surface area contributed by atoms with Gasteiger partial charge in [0.25, 0.3) is 0 Å². The highest BCUT2D eigenvalue weighted by atomic mass is 15.3. The Kier molecular flexibility index (Phi) is 2.91. The van der Waals surface area contributed by atoms with E-state index in [-0.39, 0.29) is 0 Å². The fraction of sp³-hybridized carbons (Fsp3) is 0.444. The Labute approximate surface area is 73.1 Å². The molecule has 0 radical (unpaired) electrons. The van der Waals surface area contributed by atoms with Gasteiger partial charge in [0.1, 0.15) is 0 Å². The van der Waals surface area contributed by atoms with Gasteiger partial charge in [-0.25, -0.2) is 0 Å². The van der Waals surface area contributed by atoms with Gasteiger partial charge in [-0.15, -0.1) is 0 Å². The summed E-state index contributed by atoms with van der Waals surface area (Å²) in [5.74, 6) is 0. The Morgan fingerprint density at radius 2 is 2.50 bits per heavy atom. The third-order valence-corrected chi connectivity index (χ3v) is 1.56. The molecular weight excluding hydrogens is 150 g/mol. The van der Waals surface area contributed by atoms with E-state index in [4.69, 9.17) is 0 Å². The lowest BCUT2D eigenvalue weighted by atomic mass is 10.3. The molecule has 1 aromatic rings. The second kappa shape index (κ2) is 3.95. The fourth-order valence-electron chi connectivity index (χ4n) is 1.07. The van der Waals surface area contributed by atoms with Gasteiger partial charge in [-0.2, -0.15) is 5.10 Å². The third kappa shape index (κ3) is 2.42. The van der Waals surface area contributed by atoms with Crippen molar-refractivity contribution in [3.8, 4) is 0 Å². The molecule has 12 heavy (non-hydrogen) atoms. The van der Waals surface area contributed by atoms with Crippen molar-refractivity contribution in [2.45, 2.75) is 20.3 Å². The summed E-state index contributed by atoms with van der Waals surface area (Å²) in [6.45, 7) is 4.17. The zero-order valence-corrected chi connectivity index (χ0v) is 7.83. The summed E-state index contributed by atoms with van der Waals surface area (Å²) in [4.78, 5) is 0. The van der Waals surface area contributed by atoms with E-state index in [2.05, 4.69) is 30.3 Å². The van der Waals surface area contributed by atoms with Crippen LogP contribution in [0.25, 0.3) is 0 Å². The molecular formula is C9H15N3. The number of hydrogen-bond acceptors (Lipinski definition) is 2. The van der Waals surface area contributed by atoms with Crippen LogP contribution in [0, 0.1) is 0 Å². The first kappa shape index (κ1) is 8.84. The van der Waals surface area contributed by atoms with Gasteiger partial charge in [0.05, 0.1) is 11.9 Å². The molecule has 0 saturated carbocycles. The summed E-state index contributed by atoms with van der Waals surface area (Å²) < 4.78 is 1.78. The zero-order chi connectivity index (χ0) is 8.97. The van der Waals surface area contributed by atoms with Crippen molar-refractivity contribution in [2.75, 3.05) is 5.32 Å². The van der Waals surface area contributed by atoms with E-state index in [9.17, 15) is 0 Å². The van der Waals surface area contributed by atoms with Crippen molar-refractivity contribution in [1.82, 2.24) is 9.78 Å². The molecule has 0 atom stereocenters. The highest BCUT2D eigenvalue weighted by Crippen LogP contribution is 2.07. The molecule has 1 heterocycles. The summed E-state index contributed by atoms with van der Waals surface area (Å²) in [6, 6.07) is 0. The molecule has 0 saturated heterocycles. The van der Waals surface area contributed by atoms with E-state index in [1.165, 1.54) is 5.70 Å². The summed E-state index contributed by atoms with van der Waals surface area (Å²) in [7, 11) is 1.91. The molecule has 1 N–H and O–H groups in total. The van der Waals surface area contributed by atoms with Gasteiger partial charge in [-0.3, -0.25) is 4.68 Å². The van der Waals surface area contributed by atoms with Crippen LogP contribution in [0.3, 0.4) is 0 Å². The van der Waals surface area contributed by atoms with Gasteiger partial charge in [-0.05, 0) is 13.3 Å². The highest BCUT2D eigenvalue weighted by molar-refractivity contribution is 5.43. The van der Waals surface area contributed by atoms with Crippen LogP contribution in [0.4, 0.5) is 5.69 Å². The lowest BCUT2D eigenvalue weighted by Crippen LogP contribution is -1.93. The molecule has 1 aromatic heterocycles. The minimum atomic E-state index is 1.04. The predicted molar refractivity (Wildman–Crippen MR) is 50.9 cm³/mol. The average molecular weight is 165 g/mol. The van der Waals surface area contributed by atoms with Crippen LogP contribution in [-0.4, -0.2) is 9.78 Å². The Morgan fingerprint density at radius 1 is 1.75 bits per heavy atom.